The molecule has 0 saturated heterocycles. The number of hydrogen-bond acceptors (Lipinski definition) is 3. The SMILES string of the molecule is Cc1ccn[c]([Bi]2[c]3[c-]c(-c4[c-]c(Oc5cc(C(F)(F)F)ccn5)ccc4)ccc3-c3cccc[c]32)c1.[Pt+2]. The van der Waals surface area contributed by atoms with Gasteiger partial charge in [-0.05, 0) is 0 Å². The van der Waals surface area contributed by atoms with Gasteiger partial charge in [0.1, 0.15) is 0 Å². The molecule has 3 aromatic carbocycles. The Hall–Kier alpha value is -2.88. The number of benzene rings is 3. The summed E-state index contributed by atoms with van der Waals surface area (Å²) < 4.78 is 48.7. The predicted molar refractivity (Wildman–Crippen MR) is 138 cm³/mol. The first kappa shape index (κ1) is 26.7. The van der Waals surface area contributed by atoms with Gasteiger partial charge in [-0.2, -0.15) is 0 Å². The van der Waals surface area contributed by atoms with Crippen molar-refractivity contribution in [3.63, 3.8) is 0 Å². The van der Waals surface area contributed by atoms with Gasteiger partial charge < -0.3 is 0 Å². The average Bonchev–Trinajstić information content (AvgIpc) is 3.22. The van der Waals surface area contributed by atoms with Crippen molar-refractivity contribution < 1.29 is 39.0 Å². The van der Waals surface area contributed by atoms with Crippen molar-refractivity contribution in [1.82, 2.24) is 9.97 Å². The van der Waals surface area contributed by atoms with E-state index in [0.29, 0.717) is 0 Å². The third-order valence-corrected chi connectivity index (χ3v) is 15.3. The number of aryl methyl sites for hydroxylation is 1. The molecule has 38 heavy (non-hydrogen) atoms. The van der Waals surface area contributed by atoms with Crippen molar-refractivity contribution in [2.24, 2.45) is 0 Å². The summed E-state index contributed by atoms with van der Waals surface area (Å²) in [6, 6.07) is 30.8. The van der Waals surface area contributed by atoms with Gasteiger partial charge in [-0.15, -0.1) is 0 Å². The third kappa shape index (κ3) is 5.19. The van der Waals surface area contributed by atoms with Gasteiger partial charge in [0.05, 0.1) is 0 Å². The van der Waals surface area contributed by atoms with Gasteiger partial charge in [-0.3, -0.25) is 0 Å². The van der Waals surface area contributed by atoms with E-state index in [-0.39, 0.29) is 32.7 Å². The molecule has 0 radical (unpaired) electrons. The fourth-order valence-electron chi connectivity index (χ4n) is 4.35. The Morgan fingerprint density at radius 2 is 1.58 bits per heavy atom. The van der Waals surface area contributed by atoms with E-state index in [2.05, 4.69) is 60.4 Å². The van der Waals surface area contributed by atoms with Crippen molar-refractivity contribution in [3.05, 3.63) is 115 Å². The average molecular weight is 884 g/mol. The zero-order chi connectivity index (χ0) is 25.6. The molecule has 0 N–H and O–H groups in total. The summed E-state index contributed by atoms with van der Waals surface area (Å²) in [7, 11) is 0. The fraction of sp³-hybridized carbons (Fsp3) is 0.0667. The summed E-state index contributed by atoms with van der Waals surface area (Å²) in [4.78, 5) is 8.69. The topological polar surface area (TPSA) is 35.0 Å². The maximum absolute atomic E-state index is 13.1. The van der Waals surface area contributed by atoms with Gasteiger partial charge in [0, 0.05) is 0 Å². The zero-order valence-corrected chi connectivity index (χ0v) is 25.6. The fourth-order valence-corrected chi connectivity index (χ4v) is 14.3. The molecule has 1 aliphatic heterocycles. The van der Waals surface area contributed by atoms with Crippen LogP contribution in [0.4, 0.5) is 13.2 Å². The van der Waals surface area contributed by atoms with Gasteiger partial charge >= 0.3 is 242 Å². The predicted octanol–water partition coefficient (Wildman–Crippen LogP) is 5.36. The van der Waals surface area contributed by atoms with Crippen molar-refractivity contribution in [3.8, 4) is 33.9 Å². The van der Waals surface area contributed by atoms with Crippen LogP contribution in [0, 0.1) is 19.1 Å². The second kappa shape index (κ2) is 10.7. The molecule has 0 atom stereocenters. The number of fused-ring (bicyclic) bond motifs is 3. The van der Waals surface area contributed by atoms with Crippen LogP contribution in [0.1, 0.15) is 11.1 Å². The molecule has 6 rings (SSSR count). The Kier molecular flexibility index (Phi) is 7.53. The van der Waals surface area contributed by atoms with Crippen LogP contribution in [0.25, 0.3) is 22.3 Å². The first-order valence-corrected chi connectivity index (χ1v) is 16.7. The van der Waals surface area contributed by atoms with Crippen LogP contribution in [0.3, 0.4) is 0 Å². The summed E-state index contributed by atoms with van der Waals surface area (Å²) in [5.41, 5.74) is 4.40. The van der Waals surface area contributed by atoms with Gasteiger partial charge in [-0.1, -0.05) is 0 Å². The quantitative estimate of drug-likeness (QED) is 0.177. The Morgan fingerprint density at radius 3 is 2.39 bits per heavy atom. The summed E-state index contributed by atoms with van der Waals surface area (Å²) in [5.74, 6) is 0.138. The number of rotatable bonds is 4. The number of aromatic nitrogens is 2. The molecule has 8 heteroatoms. The maximum Gasteiger partial charge on any atom is 2.00 e. The smallest absolute Gasteiger partial charge is 2.00 e. The number of halogens is 3. The molecular formula is C30H18BiF3N2OPt. The molecule has 5 aromatic rings. The first-order valence-electron chi connectivity index (χ1n) is 11.5. The maximum atomic E-state index is 13.1. The van der Waals surface area contributed by atoms with Crippen molar-refractivity contribution in [1.29, 1.82) is 0 Å². The van der Waals surface area contributed by atoms with E-state index in [1.54, 1.807) is 12.1 Å². The first-order chi connectivity index (χ1) is 17.9. The molecule has 0 unspecified atom stereocenters. The number of pyridine rings is 2. The van der Waals surface area contributed by atoms with Crippen molar-refractivity contribution in [2.75, 3.05) is 0 Å². The number of alkyl halides is 3. The minimum absolute atomic E-state index is 0. The molecule has 2 aromatic heterocycles. The second-order valence-electron chi connectivity index (χ2n) is 8.59. The zero-order valence-electron chi connectivity index (χ0n) is 19.9. The number of hydrogen-bond donors (Lipinski definition) is 0. The van der Waals surface area contributed by atoms with Crippen LogP contribution in [0.15, 0.2) is 91.3 Å². The van der Waals surface area contributed by atoms with Gasteiger partial charge in [-0.25, -0.2) is 0 Å². The molecule has 0 saturated carbocycles. The van der Waals surface area contributed by atoms with E-state index in [0.717, 1.165) is 32.9 Å². The molecule has 0 fully saturated rings. The normalized spacial score (nSPS) is 12.4. The minimum atomic E-state index is -4.47. The van der Waals surface area contributed by atoms with Gasteiger partial charge in [0.2, 0.25) is 0 Å². The molecule has 190 valence electrons. The summed E-state index contributed by atoms with van der Waals surface area (Å²) in [5, 5.41) is 0. The van der Waals surface area contributed by atoms with E-state index in [9.17, 15) is 13.2 Å². The van der Waals surface area contributed by atoms with Crippen LogP contribution in [-0.2, 0) is 27.2 Å². The van der Waals surface area contributed by atoms with Crippen LogP contribution in [0.5, 0.6) is 11.6 Å². The van der Waals surface area contributed by atoms with Crippen LogP contribution < -0.4 is 14.7 Å². The summed E-state index contributed by atoms with van der Waals surface area (Å²) in [6.07, 6.45) is -1.51. The Labute approximate surface area is 240 Å². The van der Waals surface area contributed by atoms with E-state index in [1.165, 1.54) is 23.2 Å². The van der Waals surface area contributed by atoms with Crippen molar-refractivity contribution in [2.45, 2.75) is 13.1 Å². The van der Waals surface area contributed by atoms with E-state index in [1.807, 2.05) is 24.4 Å². The Balaban J connectivity index is 0.00000294. The Bertz CT molecular complexity index is 1640. The largest absolute Gasteiger partial charge is 2.00 e. The van der Waals surface area contributed by atoms with Gasteiger partial charge in [0.15, 0.2) is 0 Å². The van der Waals surface area contributed by atoms with Crippen LogP contribution in [0.2, 0.25) is 0 Å². The molecule has 0 aliphatic carbocycles. The molecule has 3 heterocycles. The summed E-state index contributed by atoms with van der Waals surface area (Å²) >= 11 is -2.66. The number of nitrogens with zero attached hydrogens (tertiary/aromatic N) is 2. The molecule has 0 bridgehead atoms. The van der Waals surface area contributed by atoms with E-state index in [4.69, 9.17) is 9.72 Å². The Morgan fingerprint density at radius 1 is 0.789 bits per heavy atom. The van der Waals surface area contributed by atoms with E-state index < -0.39 is 33.5 Å². The standard InChI is InChI=1S/C24H12F3NO.C6H6N.Bi.Pt/c25-24(26,27)21-13-14-28-23(16-21)29-22-8-4-7-20(15-22)19-11-9-18(10-12-19)17-5-2-1-3-6-17;1-6-2-4-7-5-3-6;;/h1-5,7-9,11,13-14,16H;2-4H,1H3;;/q-2;;;+2. The molecule has 3 nitrogen and oxygen atoms in total. The second-order valence-corrected chi connectivity index (χ2v) is 16.6. The van der Waals surface area contributed by atoms with Gasteiger partial charge in [0.25, 0.3) is 0 Å². The molecule has 0 spiro atoms. The minimum Gasteiger partial charge on any atom is 2.00 e. The summed E-state index contributed by atoms with van der Waals surface area (Å²) in [6.45, 7) is 2.08. The van der Waals surface area contributed by atoms with Crippen LogP contribution in [-0.4, -0.2) is 31.7 Å². The molecule has 1 aliphatic rings. The number of ether oxygens (including phenoxy) is 1. The van der Waals surface area contributed by atoms with Crippen LogP contribution >= 0.6 is 0 Å². The third-order valence-electron chi connectivity index (χ3n) is 6.05. The molecular weight excluding hydrogens is 865 g/mol. The van der Waals surface area contributed by atoms with Crippen molar-refractivity contribution >= 4 is 31.7 Å². The van der Waals surface area contributed by atoms with E-state index >= 15 is 0 Å². The monoisotopic (exact) mass is 883 g/mol. The molecule has 0 amide bonds.